The third-order valence-electron chi connectivity index (χ3n) is 6.82. The maximum Gasteiger partial charge on any atom is 0.256 e. The minimum Gasteiger partial charge on any atom is -0.493 e. The maximum absolute atomic E-state index is 14.0. The second-order valence-corrected chi connectivity index (χ2v) is 9.91. The minimum absolute atomic E-state index is 0.0119. The van der Waals surface area contributed by atoms with E-state index in [2.05, 4.69) is 59.0 Å². The fourth-order valence-electron chi connectivity index (χ4n) is 5.06. The average Bonchev–Trinajstić information content (AvgIpc) is 3.52. The summed E-state index contributed by atoms with van der Waals surface area (Å²) in [4.78, 5) is 17.4. The first-order chi connectivity index (χ1) is 17.1. The zero-order valence-electron chi connectivity index (χ0n) is 20.6. The Morgan fingerprint density at radius 2 is 1.97 bits per heavy atom. The zero-order chi connectivity index (χ0) is 24.4. The number of carbonyl (C=O) groups is 1. The molecule has 35 heavy (non-hydrogen) atoms. The second kappa shape index (κ2) is 10.2. The van der Waals surface area contributed by atoms with Crippen molar-refractivity contribution in [3.63, 3.8) is 0 Å². The lowest BCUT2D eigenvalue weighted by molar-refractivity contribution is 0.0666. The quantitative estimate of drug-likeness (QED) is 0.284. The number of hydrogen-bond donors (Lipinski definition) is 0. The molecule has 5 nitrogen and oxygen atoms in total. The molecule has 0 radical (unpaired) electrons. The summed E-state index contributed by atoms with van der Waals surface area (Å²) in [7, 11) is 1.68. The lowest BCUT2D eigenvalue weighted by atomic mass is 9.94. The number of thiophene rings is 1. The molecule has 0 bridgehead atoms. The molecule has 1 aliphatic rings. The molecule has 3 heterocycles. The number of aryl methyl sites for hydroxylation is 1. The van der Waals surface area contributed by atoms with E-state index in [0.29, 0.717) is 13.2 Å². The van der Waals surface area contributed by atoms with Gasteiger partial charge in [-0.25, -0.2) is 0 Å². The molecular weight excluding hydrogens is 456 g/mol. The molecule has 2 aromatic carbocycles. The highest BCUT2D eigenvalue weighted by molar-refractivity contribution is 7.10. The lowest BCUT2D eigenvalue weighted by Crippen LogP contribution is -2.40. The van der Waals surface area contributed by atoms with Crippen molar-refractivity contribution in [2.75, 3.05) is 20.3 Å². The molecule has 1 unspecified atom stereocenters. The molecule has 0 aliphatic carbocycles. The molecular formula is C29H32N2O3S. The number of aromatic nitrogens is 1. The Hall–Kier alpha value is -3.25. The summed E-state index contributed by atoms with van der Waals surface area (Å²) >= 11 is 1.75. The van der Waals surface area contributed by atoms with Crippen LogP contribution < -0.4 is 9.47 Å². The van der Waals surface area contributed by atoms with Gasteiger partial charge in [-0.3, -0.25) is 4.79 Å². The maximum atomic E-state index is 14.0. The van der Waals surface area contributed by atoms with Crippen molar-refractivity contribution in [1.82, 2.24) is 9.47 Å². The van der Waals surface area contributed by atoms with Crippen LogP contribution in [-0.4, -0.2) is 35.6 Å². The van der Waals surface area contributed by atoms with Crippen molar-refractivity contribution in [1.29, 1.82) is 0 Å². The van der Waals surface area contributed by atoms with Gasteiger partial charge in [-0.05, 0) is 67.0 Å². The highest BCUT2D eigenvalue weighted by atomic mass is 32.1. The largest absolute Gasteiger partial charge is 0.493 e. The average molecular weight is 489 g/mol. The smallest absolute Gasteiger partial charge is 0.256 e. The molecule has 182 valence electrons. The number of nitrogens with zero attached hydrogens (tertiary/aromatic N) is 2. The van der Waals surface area contributed by atoms with E-state index in [-0.39, 0.29) is 11.9 Å². The van der Waals surface area contributed by atoms with Gasteiger partial charge in [0.1, 0.15) is 0 Å². The number of benzene rings is 2. The molecule has 6 heteroatoms. The predicted octanol–water partition coefficient (Wildman–Crippen LogP) is 6.50. The third kappa shape index (κ3) is 4.43. The molecule has 1 aliphatic heterocycles. The Kier molecular flexibility index (Phi) is 6.82. The van der Waals surface area contributed by atoms with E-state index in [1.54, 1.807) is 18.4 Å². The van der Waals surface area contributed by atoms with Crippen LogP contribution in [0, 0.1) is 0 Å². The van der Waals surface area contributed by atoms with Crippen molar-refractivity contribution >= 4 is 28.1 Å². The third-order valence-corrected chi connectivity index (χ3v) is 7.88. The number of amides is 1. The Morgan fingerprint density at radius 1 is 1.11 bits per heavy atom. The first kappa shape index (κ1) is 23.5. The molecule has 1 amide bonds. The zero-order valence-corrected chi connectivity index (χ0v) is 21.4. The second-order valence-electron chi connectivity index (χ2n) is 8.96. The molecule has 0 saturated carbocycles. The van der Waals surface area contributed by atoms with E-state index in [0.717, 1.165) is 59.3 Å². The van der Waals surface area contributed by atoms with E-state index in [1.807, 2.05) is 24.4 Å². The van der Waals surface area contributed by atoms with Gasteiger partial charge in [0.2, 0.25) is 0 Å². The Balaban J connectivity index is 1.50. The van der Waals surface area contributed by atoms with Crippen LogP contribution in [0.3, 0.4) is 0 Å². The summed E-state index contributed by atoms with van der Waals surface area (Å²) in [6.07, 6.45) is 4.59. The summed E-state index contributed by atoms with van der Waals surface area (Å²) in [5, 5.41) is 3.17. The van der Waals surface area contributed by atoms with Crippen LogP contribution in [0.5, 0.6) is 11.5 Å². The Bertz CT molecular complexity index is 1340. The van der Waals surface area contributed by atoms with Crippen molar-refractivity contribution < 1.29 is 14.3 Å². The van der Waals surface area contributed by atoms with Crippen LogP contribution in [0.1, 0.15) is 52.7 Å². The van der Waals surface area contributed by atoms with Gasteiger partial charge in [0.15, 0.2) is 11.5 Å². The van der Waals surface area contributed by atoms with Crippen LogP contribution in [0.25, 0.3) is 10.9 Å². The predicted molar refractivity (Wildman–Crippen MR) is 142 cm³/mol. The van der Waals surface area contributed by atoms with Crippen LogP contribution in [0.15, 0.2) is 60.1 Å². The summed E-state index contributed by atoms with van der Waals surface area (Å²) in [5.41, 5.74) is 4.38. The van der Waals surface area contributed by atoms with E-state index >= 15 is 0 Å². The standard InChI is InChI=1S/C29H32N2O3S/c1-4-15-34-26-11-10-20(18-27(26)33-3)17-25-28-21(13-16-35-28)12-14-31(25)29(32)23-19-30(5-2)24-9-7-6-8-22(23)24/h6-11,13,16,18-19,25H,4-5,12,14-15,17H2,1-3H3. The van der Waals surface area contributed by atoms with Crippen molar-refractivity contribution in [2.24, 2.45) is 0 Å². The number of carbonyl (C=O) groups excluding carboxylic acids is 1. The number of fused-ring (bicyclic) bond motifs is 2. The van der Waals surface area contributed by atoms with Gasteiger partial charge in [0.05, 0.1) is 25.3 Å². The molecule has 0 N–H and O–H groups in total. The van der Waals surface area contributed by atoms with Gasteiger partial charge in [0.25, 0.3) is 5.91 Å². The lowest BCUT2D eigenvalue weighted by Gasteiger charge is -2.36. The van der Waals surface area contributed by atoms with Gasteiger partial charge in [-0.1, -0.05) is 31.2 Å². The number of methoxy groups -OCH3 is 1. The number of ether oxygens (including phenoxy) is 2. The summed E-state index contributed by atoms with van der Waals surface area (Å²) < 4.78 is 13.6. The van der Waals surface area contributed by atoms with Crippen LogP contribution in [-0.2, 0) is 19.4 Å². The highest BCUT2D eigenvalue weighted by Crippen LogP contribution is 2.39. The SMILES string of the molecule is CCCOc1ccc(CC2c3sccc3CCN2C(=O)c2cn(CC)c3ccccc23)cc1OC. The Morgan fingerprint density at radius 3 is 2.77 bits per heavy atom. The number of hydrogen-bond acceptors (Lipinski definition) is 4. The molecule has 0 saturated heterocycles. The van der Waals surface area contributed by atoms with E-state index in [1.165, 1.54) is 10.4 Å². The van der Waals surface area contributed by atoms with Gasteiger partial charge < -0.3 is 18.9 Å². The van der Waals surface area contributed by atoms with Crippen LogP contribution in [0.2, 0.25) is 0 Å². The van der Waals surface area contributed by atoms with Crippen LogP contribution >= 0.6 is 11.3 Å². The molecule has 5 rings (SSSR count). The molecule has 0 spiro atoms. The monoisotopic (exact) mass is 488 g/mol. The topological polar surface area (TPSA) is 43.7 Å². The number of para-hydroxylation sites is 1. The first-order valence-electron chi connectivity index (χ1n) is 12.4. The van der Waals surface area contributed by atoms with Crippen molar-refractivity contribution in [2.45, 2.75) is 45.7 Å². The fourth-order valence-corrected chi connectivity index (χ4v) is 6.13. The molecule has 0 fully saturated rings. The summed E-state index contributed by atoms with van der Waals surface area (Å²) in [6, 6.07) is 16.5. The van der Waals surface area contributed by atoms with Crippen LogP contribution in [0.4, 0.5) is 0 Å². The van der Waals surface area contributed by atoms with Gasteiger partial charge >= 0.3 is 0 Å². The van der Waals surface area contributed by atoms with Crippen molar-refractivity contribution in [3.8, 4) is 11.5 Å². The van der Waals surface area contributed by atoms with Gasteiger partial charge in [-0.2, -0.15) is 0 Å². The first-order valence-corrected chi connectivity index (χ1v) is 13.3. The van der Waals surface area contributed by atoms with Gasteiger partial charge in [0, 0.05) is 35.1 Å². The molecule has 1 atom stereocenters. The van der Waals surface area contributed by atoms with E-state index in [9.17, 15) is 4.79 Å². The number of rotatable bonds is 8. The Labute approximate surface area is 210 Å². The fraction of sp³-hybridized carbons (Fsp3) is 0.345. The normalized spacial score (nSPS) is 15.3. The van der Waals surface area contributed by atoms with Gasteiger partial charge in [-0.15, -0.1) is 11.3 Å². The highest BCUT2D eigenvalue weighted by Gasteiger charge is 2.33. The molecule has 2 aromatic heterocycles. The molecule has 4 aromatic rings. The summed E-state index contributed by atoms with van der Waals surface area (Å²) in [6.45, 7) is 6.41. The van der Waals surface area contributed by atoms with Crippen molar-refractivity contribution in [3.05, 3.63) is 81.7 Å². The van der Waals surface area contributed by atoms with E-state index < -0.39 is 0 Å². The summed E-state index contributed by atoms with van der Waals surface area (Å²) in [5.74, 6) is 1.60. The minimum atomic E-state index is -0.0119. The van der Waals surface area contributed by atoms with E-state index in [4.69, 9.17) is 9.47 Å².